The molecule has 0 fully saturated rings. The Hall–Kier alpha value is -2.24. The molecule has 2 rings (SSSR count). The molecule has 0 aliphatic rings. The zero-order valence-corrected chi connectivity index (χ0v) is 14.5. The topological polar surface area (TPSA) is 64.6 Å². The number of hydrogen-bond donors (Lipinski definition) is 1. The lowest BCUT2D eigenvalue weighted by Gasteiger charge is -2.14. The first kappa shape index (κ1) is 18.1. The number of carbonyl (C=O) groups excluding carboxylic acids is 2. The molecule has 7 heteroatoms. The van der Waals surface area contributed by atoms with Crippen molar-refractivity contribution in [2.75, 3.05) is 12.4 Å². The molecule has 24 heavy (non-hydrogen) atoms. The Kier molecular flexibility index (Phi) is 6.06. The smallest absolute Gasteiger partial charge is 0.338 e. The van der Waals surface area contributed by atoms with Gasteiger partial charge in [-0.15, -0.1) is 0 Å². The van der Waals surface area contributed by atoms with E-state index in [-0.39, 0.29) is 5.02 Å². The van der Waals surface area contributed by atoms with E-state index in [2.05, 4.69) is 5.32 Å². The van der Waals surface area contributed by atoms with E-state index in [1.54, 1.807) is 42.5 Å². The van der Waals surface area contributed by atoms with Crippen molar-refractivity contribution in [3.63, 3.8) is 0 Å². The van der Waals surface area contributed by atoms with E-state index in [4.69, 9.17) is 32.7 Å². The van der Waals surface area contributed by atoms with Gasteiger partial charge in [0.05, 0.1) is 28.4 Å². The van der Waals surface area contributed by atoms with Crippen LogP contribution in [0.1, 0.15) is 17.3 Å². The summed E-state index contributed by atoms with van der Waals surface area (Å²) in [4.78, 5) is 24.2. The highest BCUT2D eigenvalue weighted by molar-refractivity contribution is 6.44. The standard InChI is InChI=1S/C17H15Cl2NO4/c1-10(16(21)20-14-5-3-4-13(18)15(14)19)24-17(22)11-6-8-12(23-2)9-7-11/h3-10H,1-2H3,(H,20,21). The van der Waals surface area contributed by atoms with Crippen LogP contribution in [-0.4, -0.2) is 25.1 Å². The van der Waals surface area contributed by atoms with Crippen LogP contribution in [0.3, 0.4) is 0 Å². The number of benzene rings is 2. The fourth-order valence-corrected chi connectivity index (χ4v) is 2.19. The second-order valence-corrected chi connectivity index (χ2v) is 5.65. The average molecular weight is 368 g/mol. The van der Waals surface area contributed by atoms with E-state index in [1.165, 1.54) is 14.0 Å². The molecule has 0 saturated heterocycles. The Labute approximate surface area is 149 Å². The number of carbonyl (C=O) groups is 2. The molecule has 126 valence electrons. The van der Waals surface area contributed by atoms with E-state index in [9.17, 15) is 9.59 Å². The van der Waals surface area contributed by atoms with Crippen molar-refractivity contribution < 1.29 is 19.1 Å². The van der Waals surface area contributed by atoms with Gasteiger partial charge in [0.25, 0.3) is 5.91 Å². The van der Waals surface area contributed by atoms with Crippen molar-refractivity contribution in [3.05, 3.63) is 58.1 Å². The predicted octanol–water partition coefficient (Wildman–Crippen LogP) is 4.19. The van der Waals surface area contributed by atoms with Gasteiger partial charge in [0.15, 0.2) is 6.10 Å². The van der Waals surface area contributed by atoms with E-state index in [0.29, 0.717) is 22.0 Å². The highest BCUT2D eigenvalue weighted by atomic mass is 35.5. The van der Waals surface area contributed by atoms with Crippen molar-refractivity contribution in [1.29, 1.82) is 0 Å². The molecule has 1 N–H and O–H groups in total. The summed E-state index contributed by atoms with van der Waals surface area (Å²) in [6.45, 7) is 1.47. The minimum atomic E-state index is -1.00. The van der Waals surface area contributed by atoms with Crippen LogP contribution in [0.25, 0.3) is 0 Å². The molecule has 0 aliphatic heterocycles. The van der Waals surface area contributed by atoms with Gasteiger partial charge in [-0.25, -0.2) is 4.79 Å². The molecular formula is C17H15Cl2NO4. The quantitative estimate of drug-likeness (QED) is 0.804. The molecular weight excluding hydrogens is 353 g/mol. The van der Waals surface area contributed by atoms with Gasteiger partial charge in [0.1, 0.15) is 5.75 Å². The van der Waals surface area contributed by atoms with Crippen LogP contribution in [0.4, 0.5) is 5.69 Å². The van der Waals surface area contributed by atoms with E-state index in [0.717, 1.165) is 0 Å². The minimum Gasteiger partial charge on any atom is -0.497 e. The normalized spacial score (nSPS) is 11.5. The van der Waals surface area contributed by atoms with Crippen LogP contribution in [0.5, 0.6) is 5.75 Å². The van der Waals surface area contributed by atoms with Crippen LogP contribution in [-0.2, 0) is 9.53 Å². The van der Waals surface area contributed by atoms with Gasteiger partial charge in [0, 0.05) is 0 Å². The minimum absolute atomic E-state index is 0.223. The third-order valence-corrected chi connectivity index (χ3v) is 4.01. The second kappa shape index (κ2) is 8.04. The second-order valence-electron chi connectivity index (χ2n) is 4.87. The molecule has 2 aromatic rings. The first-order valence-electron chi connectivity index (χ1n) is 7.02. The molecule has 0 aliphatic carbocycles. The Balaban J connectivity index is 2.00. The molecule has 2 aromatic carbocycles. The Morgan fingerprint density at radius 2 is 1.75 bits per heavy atom. The number of rotatable bonds is 5. The predicted molar refractivity (Wildman–Crippen MR) is 93.0 cm³/mol. The van der Waals surface area contributed by atoms with Gasteiger partial charge in [-0.2, -0.15) is 0 Å². The lowest BCUT2D eigenvalue weighted by atomic mass is 10.2. The lowest BCUT2D eigenvalue weighted by Crippen LogP contribution is -2.30. The number of amides is 1. The first-order valence-corrected chi connectivity index (χ1v) is 7.78. The van der Waals surface area contributed by atoms with Crippen molar-refractivity contribution in [2.24, 2.45) is 0 Å². The summed E-state index contributed by atoms with van der Waals surface area (Å²) in [6.07, 6.45) is -1.00. The number of esters is 1. The highest BCUT2D eigenvalue weighted by Gasteiger charge is 2.20. The molecule has 0 radical (unpaired) electrons. The summed E-state index contributed by atoms with van der Waals surface area (Å²) >= 11 is 11.9. The summed E-state index contributed by atoms with van der Waals surface area (Å²) in [5, 5.41) is 3.11. The molecule has 1 unspecified atom stereocenters. The van der Waals surface area contributed by atoms with E-state index >= 15 is 0 Å². The zero-order valence-electron chi connectivity index (χ0n) is 13.0. The van der Waals surface area contributed by atoms with Crippen LogP contribution in [0.2, 0.25) is 10.0 Å². The van der Waals surface area contributed by atoms with Crippen LogP contribution < -0.4 is 10.1 Å². The van der Waals surface area contributed by atoms with Gasteiger partial charge >= 0.3 is 5.97 Å². The lowest BCUT2D eigenvalue weighted by molar-refractivity contribution is -0.123. The maximum absolute atomic E-state index is 12.1. The average Bonchev–Trinajstić information content (AvgIpc) is 2.58. The Morgan fingerprint density at radius 3 is 2.38 bits per heavy atom. The van der Waals surface area contributed by atoms with Gasteiger partial charge in [-0.05, 0) is 43.3 Å². The van der Waals surface area contributed by atoms with Crippen molar-refractivity contribution in [3.8, 4) is 5.75 Å². The first-order chi connectivity index (χ1) is 11.4. The monoisotopic (exact) mass is 367 g/mol. The van der Waals surface area contributed by atoms with Crippen molar-refractivity contribution in [1.82, 2.24) is 0 Å². The fourth-order valence-electron chi connectivity index (χ4n) is 1.84. The van der Waals surface area contributed by atoms with E-state index < -0.39 is 18.0 Å². The maximum atomic E-state index is 12.1. The zero-order chi connectivity index (χ0) is 17.7. The fraction of sp³-hybridized carbons (Fsp3) is 0.176. The molecule has 5 nitrogen and oxygen atoms in total. The summed E-state index contributed by atoms with van der Waals surface area (Å²) in [6, 6.07) is 11.2. The van der Waals surface area contributed by atoms with Crippen molar-refractivity contribution >= 4 is 40.8 Å². The van der Waals surface area contributed by atoms with Gasteiger partial charge in [0.2, 0.25) is 0 Å². The summed E-state index contributed by atoms with van der Waals surface area (Å²) < 4.78 is 10.2. The maximum Gasteiger partial charge on any atom is 0.338 e. The largest absolute Gasteiger partial charge is 0.497 e. The molecule has 0 heterocycles. The van der Waals surface area contributed by atoms with Crippen LogP contribution >= 0.6 is 23.2 Å². The summed E-state index contributed by atoms with van der Waals surface area (Å²) in [5.41, 5.74) is 0.665. The molecule has 1 amide bonds. The van der Waals surface area contributed by atoms with Crippen LogP contribution in [0.15, 0.2) is 42.5 Å². The van der Waals surface area contributed by atoms with Gasteiger partial charge in [-0.1, -0.05) is 29.3 Å². The van der Waals surface area contributed by atoms with E-state index in [1.807, 2.05) is 0 Å². The Bertz CT molecular complexity index is 747. The van der Waals surface area contributed by atoms with Crippen molar-refractivity contribution in [2.45, 2.75) is 13.0 Å². The third-order valence-electron chi connectivity index (χ3n) is 3.19. The molecule has 0 bridgehead atoms. The number of methoxy groups -OCH3 is 1. The molecule has 0 spiro atoms. The summed E-state index contributed by atoms with van der Waals surface area (Å²) in [7, 11) is 1.53. The SMILES string of the molecule is COc1ccc(C(=O)OC(C)C(=O)Nc2cccc(Cl)c2Cl)cc1. The van der Waals surface area contributed by atoms with Gasteiger partial charge in [-0.3, -0.25) is 4.79 Å². The third kappa shape index (κ3) is 4.40. The number of hydrogen-bond acceptors (Lipinski definition) is 4. The highest BCUT2D eigenvalue weighted by Crippen LogP contribution is 2.29. The van der Waals surface area contributed by atoms with Gasteiger partial charge < -0.3 is 14.8 Å². The number of nitrogens with one attached hydrogen (secondary N) is 1. The molecule has 1 atom stereocenters. The molecule has 0 aromatic heterocycles. The summed E-state index contributed by atoms with van der Waals surface area (Å²) in [5.74, 6) is -0.508. The number of anilines is 1. The molecule has 0 saturated carbocycles. The number of ether oxygens (including phenoxy) is 2. The van der Waals surface area contributed by atoms with Crippen LogP contribution in [0, 0.1) is 0 Å². The Morgan fingerprint density at radius 1 is 1.08 bits per heavy atom. The number of halogens is 2.